The summed E-state index contributed by atoms with van der Waals surface area (Å²) in [6.07, 6.45) is 6.42. The quantitative estimate of drug-likeness (QED) is 0.805. The van der Waals surface area contributed by atoms with Crippen LogP contribution in [-0.4, -0.2) is 15.5 Å². The molecule has 23 heavy (non-hydrogen) atoms. The lowest BCUT2D eigenvalue weighted by atomic mass is 9.97. The molecule has 0 aliphatic heterocycles. The summed E-state index contributed by atoms with van der Waals surface area (Å²) in [6.45, 7) is 0.545. The van der Waals surface area contributed by atoms with E-state index in [9.17, 15) is 4.79 Å². The van der Waals surface area contributed by atoms with E-state index >= 15 is 0 Å². The number of nitrogens with one attached hydrogen (secondary N) is 1. The normalized spacial score (nSPS) is 16.4. The molecule has 0 spiro atoms. The predicted molar refractivity (Wildman–Crippen MR) is 89.2 cm³/mol. The van der Waals surface area contributed by atoms with Crippen molar-refractivity contribution < 1.29 is 4.79 Å². The zero-order valence-corrected chi connectivity index (χ0v) is 12.9. The number of nitrogens with zero attached hydrogens (tertiary/aromatic N) is 2. The van der Waals surface area contributed by atoms with Crippen LogP contribution < -0.4 is 5.32 Å². The number of hydrogen-bond acceptors (Lipinski definition) is 2. The fraction of sp³-hybridized carbons (Fsp3) is 0.263. The third kappa shape index (κ3) is 2.72. The van der Waals surface area contributed by atoms with Crippen molar-refractivity contribution in [1.29, 1.82) is 0 Å². The van der Waals surface area contributed by atoms with E-state index in [1.165, 1.54) is 11.1 Å². The number of carbonyl (C=O) groups is 1. The third-order valence-electron chi connectivity index (χ3n) is 4.69. The van der Waals surface area contributed by atoms with E-state index in [0.717, 1.165) is 23.9 Å². The molecule has 1 aliphatic carbocycles. The van der Waals surface area contributed by atoms with Crippen molar-refractivity contribution in [3.63, 3.8) is 0 Å². The minimum Gasteiger partial charge on any atom is -0.352 e. The second-order valence-electron chi connectivity index (χ2n) is 6.11. The van der Waals surface area contributed by atoms with Crippen LogP contribution in [-0.2, 0) is 17.8 Å². The van der Waals surface area contributed by atoms with Crippen molar-refractivity contribution in [1.82, 2.24) is 14.9 Å². The Kier molecular flexibility index (Phi) is 3.58. The summed E-state index contributed by atoms with van der Waals surface area (Å²) in [4.78, 5) is 12.3. The second-order valence-corrected chi connectivity index (χ2v) is 6.11. The summed E-state index contributed by atoms with van der Waals surface area (Å²) in [7, 11) is 0. The largest absolute Gasteiger partial charge is 0.352 e. The van der Waals surface area contributed by atoms with Crippen LogP contribution in [0.4, 0.5) is 0 Å². The van der Waals surface area contributed by atoms with E-state index in [1.54, 1.807) is 6.20 Å². The maximum Gasteiger partial charge on any atom is 0.220 e. The molecule has 1 amide bonds. The molecule has 116 valence electrons. The van der Waals surface area contributed by atoms with E-state index in [-0.39, 0.29) is 5.91 Å². The van der Waals surface area contributed by atoms with Gasteiger partial charge in [0.15, 0.2) is 0 Å². The maximum absolute atomic E-state index is 12.3. The molecule has 1 unspecified atom stereocenters. The van der Waals surface area contributed by atoms with Crippen LogP contribution in [0.15, 0.2) is 54.9 Å². The molecule has 0 fully saturated rings. The highest BCUT2D eigenvalue weighted by atomic mass is 16.1. The number of fused-ring (bicyclic) bond motifs is 2. The monoisotopic (exact) mass is 305 g/mol. The van der Waals surface area contributed by atoms with Crippen LogP contribution >= 0.6 is 0 Å². The van der Waals surface area contributed by atoms with Crippen molar-refractivity contribution in [3.8, 4) is 0 Å². The Balaban J connectivity index is 1.41. The van der Waals surface area contributed by atoms with Gasteiger partial charge in [-0.2, -0.15) is 5.10 Å². The SMILES string of the molecule is O=C(CC1CCc2ccccc21)NCc1cccn2nccc12. The summed E-state index contributed by atoms with van der Waals surface area (Å²) >= 11 is 0. The Labute approximate surface area is 135 Å². The van der Waals surface area contributed by atoms with Gasteiger partial charge in [-0.3, -0.25) is 4.79 Å². The molecule has 1 aliphatic rings. The Morgan fingerprint density at radius 2 is 2.13 bits per heavy atom. The van der Waals surface area contributed by atoms with Crippen LogP contribution in [0.25, 0.3) is 5.52 Å². The molecule has 4 nitrogen and oxygen atoms in total. The lowest BCUT2D eigenvalue weighted by Gasteiger charge is -2.12. The molecule has 1 atom stereocenters. The van der Waals surface area contributed by atoms with Gasteiger partial charge >= 0.3 is 0 Å². The first-order valence-electron chi connectivity index (χ1n) is 8.07. The zero-order valence-electron chi connectivity index (χ0n) is 12.9. The Morgan fingerprint density at radius 1 is 1.22 bits per heavy atom. The Morgan fingerprint density at radius 3 is 3.09 bits per heavy atom. The lowest BCUT2D eigenvalue weighted by Crippen LogP contribution is -2.24. The molecule has 0 saturated carbocycles. The van der Waals surface area contributed by atoms with E-state index in [1.807, 2.05) is 28.9 Å². The van der Waals surface area contributed by atoms with Gasteiger partial charge in [-0.05, 0) is 47.6 Å². The molecule has 2 aromatic heterocycles. The standard InChI is InChI=1S/C19H19N3O/c23-19(12-15-8-7-14-4-1-2-6-17(14)15)20-13-16-5-3-11-22-18(16)9-10-21-22/h1-6,9-11,15H,7-8,12-13H2,(H,20,23). The van der Waals surface area contributed by atoms with Gasteiger partial charge in [0.2, 0.25) is 5.91 Å². The number of aromatic nitrogens is 2. The molecule has 3 aromatic rings. The first-order valence-corrected chi connectivity index (χ1v) is 8.07. The molecule has 4 rings (SSSR count). The highest BCUT2D eigenvalue weighted by Gasteiger charge is 2.24. The number of hydrogen-bond donors (Lipinski definition) is 1. The van der Waals surface area contributed by atoms with Gasteiger partial charge in [0.05, 0.1) is 5.52 Å². The molecule has 1 aromatic carbocycles. The van der Waals surface area contributed by atoms with Crippen LogP contribution in [0.5, 0.6) is 0 Å². The van der Waals surface area contributed by atoms with Crippen LogP contribution in [0.2, 0.25) is 0 Å². The van der Waals surface area contributed by atoms with Crippen molar-refractivity contribution in [2.75, 3.05) is 0 Å². The van der Waals surface area contributed by atoms with Gasteiger partial charge in [-0.15, -0.1) is 0 Å². The van der Waals surface area contributed by atoms with E-state index < -0.39 is 0 Å². The topological polar surface area (TPSA) is 46.4 Å². The average molecular weight is 305 g/mol. The fourth-order valence-corrected chi connectivity index (χ4v) is 3.51. The van der Waals surface area contributed by atoms with Crippen molar-refractivity contribution in [3.05, 3.63) is 71.5 Å². The van der Waals surface area contributed by atoms with Crippen LogP contribution in [0.3, 0.4) is 0 Å². The smallest absolute Gasteiger partial charge is 0.220 e. The number of aryl methyl sites for hydroxylation is 1. The molecule has 0 radical (unpaired) electrons. The second kappa shape index (κ2) is 5.88. The fourth-order valence-electron chi connectivity index (χ4n) is 3.51. The minimum atomic E-state index is 0.119. The van der Waals surface area contributed by atoms with Crippen molar-refractivity contribution in [2.45, 2.75) is 31.7 Å². The average Bonchev–Trinajstić information content (AvgIpc) is 3.20. The van der Waals surface area contributed by atoms with E-state index in [2.05, 4.69) is 34.7 Å². The number of pyridine rings is 1. The number of rotatable bonds is 4. The van der Waals surface area contributed by atoms with E-state index in [4.69, 9.17) is 0 Å². The molecular formula is C19H19N3O. The first-order chi connectivity index (χ1) is 11.3. The molecule has 0 saturated heterocycles. The van der Waals surface area contributed by atoms with Crippen molar-refractivity contribution >= 4 is 11.4 Å². The summed E-state index contributed by atoms with van der Waals surface area (Å²) < 4.78 is 1.83. The molecule has 2 heterocycles. The lowest BCUT2D eigenvalue weighted by molar-refractivity contribution is -0.121. The maximum atomic E-state index is 12.3. The number of amides is 1. The van der Waals surface area contributed by atoms with Crippen LogP contribution in [0, 0.1) is 0 Å². The number of carbonyl (C=O) groups excluding carboxylic acids is 1. The highest BCUT2D eigenvalue weighted by molar-refractivity contribution is 5.77. The van der Waals surface area contributed by atoms with Gasteiger partial charge in [-0.25, -0.2) is 4.52 Å². The van der Waals surface area contributed by atoms with Gasteiger partial charge < -0.3 is 5.32 Å². The van der Waals surface area contributed by atoms with Gasteiger partial charge in [-0.1, -0.05) is 30.3 Å². The van der Waals surface area contributed by atoms with Crippen molar-refractivity contribution in [2.24, 2.45) is 0 Å². The summed E-state index contributed by atoms with van der Waals surface area (Å²) in [5, 5.41) is 7.28. The summed E-state index contributed by atoms with van der Waals surface area (Å²) in [5.74, 6) is 0.477. The highest BCUT2D eigenvalue weighted by Crippen LogP contribution is 2.35. The zero-order chi connectivity index (χ0) is 15.6. The molecule has 1 N–H and O–H groups in total. The number of benzene rings is 1. The Hall–Kier alpha value is -2.62. The third-order valence-corrected chi connectivity index (χ3v) is 4.69. The van der Waals surface area contributed by atoms with Crippen LogP contribution in [0.1, 0.15) is 35.4 Å². The Bertz CT molecular complexity index is 852. The molecule has 4 heteroatoms. The molecule has 0 bridgehead atoms. The first kappa shape index (κ1) is 14.0. The minimum absolute atomic E-state index is 0.119. The molecular weight excluding hydrogens is 286 g/mol. The summed E-state index contributed by atoms with van der Waals surface area (Å²) in [6, 6.07) is 14.4. The van der Waals surface area contributed by atoms with E-state index in [0.29, 0.717) is 18.9 Å². The predicted octanol–water partition coefficient (Wildman–Crippen LogP) is 3.07. The summed E-state index contributed by atoms with van der Waals surface area (Å²) in [5.41, 5.74) is 4.87. The van der Waals surface area contributed by atoms with Gasteiger partial charge in [0, 0.05) is 25.4 Å². The van der Waals surface area contributed by atoms with Gasteiger partial charge in [0.1, 0.15) is 0 Å². The van der Waals surface area contributed by atoms with Gasteiger partial charge in [0.25, 0.3) is 0 Å².